The summed E-state index contributed by atoms with van der Waals surface area (Å²) in [5, 5.41) is 9.01. The summed E-state index contributed by atoms with van der Waals surface area (Å²) < 4.78 is 27.7. The maximum Gasteiger partial charge on any atom is 0.243 e. The minimum atomic E-state index is -3.55. The fourth-order valence-corrected chi connectivity index (χ4v) is 6.39. The highest BCUT2D eigenvalue weighted by Gasteiger charge is 2.34. The zero-order chi connectivity index (χ0) is 25.0. The van der Waals surface area contributed by atoms with E-state index in [0.717, 1.165) is 30.8 Å². The second kappa shape index (κ2) is 10.8. The number of piperidine rings is 1. The molecule has 4 rings (SSSR count). The predicted octanol–water partition coefficient (Wildman–Crippen LogP) is 3.82. The van der Waals surface area contributed by atoms with E-state index >= 15 is 0 Å². The van der Waals surface area contributed by atoms with Crippen LogP contribution in [-0.4, -0.2) is 62.8 Å². The van der Waals surface area contributed by atoms with Crippen molar-refractivity contribution in [1.82, 2.24) is 9.21 Å². The van der Waals surface area contributed by atoms with Gasteiger partial charge in [-0.2, -0.15) is 9.57 Å². The first-order chi connectivity index (χ1) is 16.8. The number of nitrogens with zero attached hydrogens (tertiary/aromatic N) is 4. The topological polar surface area (TPSA) is 84.7 Å². The summed E-state index contributed by atoms with van der Waals surface area (Å²) in [6.45, 7) is 7.89. The Hall–Kier alpha value is -2.89. The van der Waals surface area contributed by atoms with Gasteiger partial charge in [-0.3, -0.25) is 4.79 Å². The Labute approximate surface area is 209 Å². The zero-order valence-corrected chi connectivity index (χ0v) is 21.4. The molecule has 0 saturated carbocycles. The third-order valence-electron chi connectivity index (χ3n) is 7.16. The number of carbonyl (C=O) groups is 1. The number of hydrogen-bond donors (Lipinski definition) is 0. The molecule has 0 atom stereocenters. The van der Waals surface area contributed by atoms with E-state index in [1.165, 1.54) is 4.31 Å². The van der Waals surface area contributed by atoms with Gasteiger partial charge in [-0.15, -0.1) is 0 Å². The van der Waals surface area contributed by atoms with Crippen LogP contribution in [0.15, 0.2) is 53.4 Å². The molecule has 2 saturated heterocycles. The molecule has 2 aromatic carbocycles. The summed E-state index contributed by atoms with van der Waals surface area (Å²) in [6.07, 6.45) is 1.99. The smallest absolute Gasteiger partial charge is 0.243 e. The molecule has 0 radical (unpaired) electrons. The molecule has 0 aliphatic carbocycles. The van der Waals surface area contributed by atoms with Crippen molar-refractivity contribution in [3.63, 3.8) is 0 Å². The highest BCUT2D eigenvalue weighted by atomic mass is 32.2. The van der Waals surface area contributed by atoms with Crippen LogP contribution < -0.4 is 4.90 Å². The minimum absolute atomic E-state index is 0.133. The van der Waals surface area contributed by atoms with Gasteiger partial charge in [-0.05, 0) is 67.1 Å². The first-order valence-electron chi connectivity index (χ1n) is 12.4. The monoisotopic (exact) mass is 494 g/mol. The van der Waals surface area contributed by atoms with Crippen molar-refractivity contribution in [2.24, 2.45) is 5.92 Å². The standard InChI is InChI=1S/C27H34N4O3S/c1-21(2)23-6-10-26(11-7-23)35(33,34)31-16-12-24(13-17-31)27(32)30-15-3-14-29(18-19-30)25-8-4-22(20-28)5-9-25/h4-11,21,24H,3,12-19H2,1-2H3. The Morgan fingerprint density at radius 1 is 0.914 bits per heavy atom. The number of nitriles is 1. The number of benzene rings is 2. The first-order valence-corrected chi connectivity index (χ1v) is 13.9. The predicted molar refractivity (Wildman–Crippen MR) is 137 cm³/mol. The number of sulfonamides is 1. The van der Waals surface area contributed by atoms with Gasteiger partial charge in [0.25, 0.3) is 0 Å². The van der Waals surface area contributed by atoms with Gasteiger partial charge in [0.2, 0.25) is 15.9 Å². The first kappa shape index (κ1) is 25.2. The lowest BCUT2D eigenvalue weighted by molar-refractivity contribution is -0.136. The number of carbonyl (C=O) groups excluding carboxylic acids is 1. The molecule has 186 valence electrons. The van der Waals surface area contributed by atoms with Gasteiger partial charge >= 0.3 is 0 Å². The summed E-state index contributed by atoms with van der Waals surface area (Å²) in [5.74, 6) is 0.361. The highest BCUT2D eigenvalue weighted by Crippen LogP contribution is 2.27. The Bertz CT molecular complexity index is 1160. The summed E-state index contributed by atoms with van der Waals surface area (Å²) in [5.41, 5.74) is 2.82. The fraction of sp³-hybridized carbons (Fsp3) is 0.481. The van der Waals surface area contributed by atoms with Crippen molar-refractivity contribution < 1.29 is 13.2 Å². The molecule has 2 heterocycles. The molecule has 0 unspecified atom stereocenters. The number of anilines is 1. The minimum Gasteiger partial charge on any atom is -0.370 e. The van der Waals surface area contributed by atoms with E-state index in [2.05, 4.69) is 24.8 Å². The van der Waals surface area contributed by atoms with Crippen molar-refractivity contribution in [3.8, 4) is 6.07 Å². The van der Waals surface area contributed by atoms with E-state index in [9.17, 15) is 13.2 Å². The van der Waals surface area contributed by atoms with Crippen LogP contribution in [0, 0.1) is 17.2 Å². The van der Waals surface area contributed by atoms with Crippen LogP contribution in [0.3, 0.4) is 0 Å². The maximum atomic E-state index is 13.3. The van der Waals surface area contributed by atoms with Gasteiger partial charge in [0.05, 0.1) is 16.5 Å². The molecule has 7 nitrogen and oxygen atoms in total. The molecular formula is C27H34N4O3S. The summed E-state index contributed by atoms with van der Waals surface area (Å²) in [4.78, 5) is 17.8. The molecule has 35 heavy (non-hydrogen) atoms. The van der Waals surface area contributed by atoms with Crippen LogP contribution in [0.25, 0.3) is 0 Å². The molecule has 2 aromatic rings. The summed E-state index contributed by atoms with van der Waals surface area (Å²) in [7, 11) is -3.55. The average Bonchev–Trinajstić information content (AvgIpc) is 3.15. The van der Waals surface area contributed by atoms with Crippen LogP contribution in [0.5, 0.6) is 0 Å². The lowest BCUT2D eigenvalue weighted by Crippen LogP contribution is -2.45. The average molecular weight is 495 g/mol. The van der Waals surface area contributed by atoms with Crippen LogP contribution >= 0.6 is 0 Å². The van der Waals surface area contributed by atoms with Crippen molar-refractivity contribution >= 4 is 21.6 Å². The molecule has 1 amide bonds. The Morgan fingerprint density at radius 3 is 2.17 bits per heavy atom. The molecule has 2 aliphatic rings. The third kappa shape index (κ3) is 5.68. The molecule has 8 heteroatoms. The van der Waals surface area contributed by atoms with E-state index in [4.69, 9.17) is 5.26 Å². The second-order valence-corrected chi connectivity index (χ2v) is 11.7. The van der Waals surface area contributed by atoms with Gasteiger partial charge in [-0.25, -0.2) is 8.42 Å². The maximum absolute atomic E-state index is 13.3. The second-order valence-electron chi connectivity index (χ2n) is 9.73. The molecule has 2 aliphatic heterocycles. The van der Waals surface area contributed by atoms with Crippen molar-refractivity contribution in [1.29, 1.82) is 5.26 Å². The Balaban J connectivity index is 1.32. The van der Waals surface area contributed by atoms with Gasteiger partial charge in [-0.1, -0.05) is 26.0 Å². The lowest BCUT2D eigenvalue weighted by atomic mass is 9.96. The summed E-state index contributed by atoms with van der Waals surface area (Å²) in [6, 6.07) is 16.9. The van der Waals surface area contributed by atoms with Crippen LogP contribution in [0.4, 0.5) is 5.69 Å². The highest BCUT2D eigenvalue weighted by molar-refractivity contribution is 7.89. The number of amides is 1. The van der Waals surface area contributed by atoms with Gasteiger partial charge < -0.3 is 9.80 Å². The number of hydrogen-bond acceptors (Lipinski definition) is 5. The van der Waals surface area contributed by atoms with Crippen LogP contribution in [-0.2, 0) is 14.8 Å². The van der Waals surface area contributed by atoms with Gasteiger partial charge in [0, 0.05) is 50.9 Å². The zero-order valence-electron chi connectivity index (χ0n) is 20.6. The van der Waals surface area contributed by atoms with E-state index < -0.39 is 10.0 Å². The largest absolute Gasteiger partial charge is 0.370 e. The van der Waals surface area contributed by atoms with E-state index in [1.54, 1.807) is 12.1 Å². The van der Waals surface area contributed by atoms with E-state index in [1.807, 2.05) is 41.3 Å². The molecule has 0 aromatic heterocycles. The van der Waals surface area contributed by atoms with Crippen LogP contribution in [0.2, 0.25) is 0 Å². The van der Waals surface area contributed by atoms with Gasteiger partial charge in [0.15, 0.2) is 0 Å². The molecule has 0 N–H and O–H groups in total. The van der Waals surface area contributed by atoms with E-state index in [0.29, 0.717) is 55.4 Å². The normalized spacial score (nSPS) is 18.3. The molecular weight excluding hydrogens is 460 g/mol. The fourth-order valence-electron chi connectivity index (χ4n) is 4.92. The van der Waals surface area contributed by atoms with Crippen molar-refractivity contribution in [3.05, 3.63) is 59.7 Å². The van der Waals surface area contributed by atoms with Crippen molar-refractivity contribution in [2.75, 3.05) is 44.2 Å². The van der Waals surface area contributed by atoms with Crippen LogP contribution in [0.1, 0.15) is 50.2 Å². The summed E-state index contributed by atoms with van der Waals surface area (Å²) >= 11 is 0. The molecule has 0 spiro atoms. The van der Waals surface area contributed by atoms with Crippen molar-refractivity contribution in [2.45, 2.75) is 43.9 Å². The van der Waals surface area contributed by atoms with E-state index in [-0.39, 0.29) is 11.8 Å². The lowest BCUT2D eigenvalue weighted by Gasteiger charge is -2.33. The molecule has 2 fully saturated rings. The number of rotatable bonds is 5. The van der Waals surface area contributed by atoms with Gasteiger partial charge in [0.1, 0.15) is 0 Å². The molecule has 0 bridgehead atoms. The Morgan fingerprint density at radius 2 is 1.57 bits per heavy atom. The Kier molecular flexibility index (Phi) is 7.78. The SMILES string of the molecule is CC(C)c1ccc(S(=O)(=O)N2CCC(C(=O)N3CCCN(c4ccc(C#N)cc4)CC3)CC2)cc1. The third-order valence-corrected chi connectivity index (χ3v) is 9.07. The quantitative estimate of drug-likeness (QED) is 0.631.